The molecule has 0 bridgehead atoms. The number of terminal acetylenes is 1. The molecular weight excluding hydrogens is 144 g/mol. The van der Waals surface area contributed by atoms with Crippen molar-refractivity contribution in [3.05, 3.63) is 0 Å². The van der Waals surface area contributed by atoms with Crippen LogP contribution < -0.4 is 0 Å². The Hall–Kier alpha value is -0.130. The summed E-state index contributed by atoms with van der Waals surface area (Å²) in [6.07, 6.45) is 6.21. The maximum Gasteiger partial charge on any atom is 0.131 e. The summed E-state index contributed by atoms with van der Waals surface area (Å²) in [5.41, 5.74) is -0.917. The molecule has 1 unspecified atom stereocenters. The monoisotopic (exact) mass is 158 g/mol. The average molecular weight is 158 g/mol. The van der Waals surface area contributed by atoms with Gasteiger partial charge in [-0.1, -0.05) is 12.8 Å². The van der Waals surface area contributed by atoms with Crippen molar-refractivity contribution in [3.8, 4) is 12.3 Å². The van der Waals surface area contributed by atoms with E-state index >= 15 is 0 Å². The lowest BCUT2D eigenvalue weighted by Gasteiger charge is -2.14. The van der Waals surface area contributed by atoms with Gasteiger partial charge >= 0.3 is 0 Å². The van der Waals surface area contributed by atoms with Gasteiger partial charge in [0.15, 0.2) is 0 Å². The molecule has 0 fully saturated rings. The first-order valence-corrected chi connectivity index (χ1v) is 4.55. The number of hydrogen-bond acceptors (Lipinski definition) is 2. The molecule has 0 aromatic heterocycles. The van der Waals surface area contributed by atoms with Gasteiger partial charge in [0.25, 0.3) is 0 Å². The third-order valence-corrected chi connectivity index (χ3v) is 2.51. The highest BCUT2D eigenvalue weighted by Crippen LogP contribution is 2.12. The van der Waals surface area contributed by atoms with E-state index in [2.05, 4.69) is 12.8 Å². The zero-order valence-electron chi connectivity index (χ0n) is 6.55. The molecule has 0 saturated heterocycles. The highest BCUT2D eigenvalue weighted by atomic mass is 32.2. The fourth-order valence-electron chi connectivity index (χ4n) is 0.457. The van der Waals surface area contributed by atoms with E-state index in [4.69, 9.17) is 6.42 Å². The molecule has 0 heterocycles. The van der Waals surface area contributed by atoms with Crippen molar-refractivity contribution in [2.24, 2.45) is 0 Å². The van der Waals surface area contributed by atoms with Gasteiger partial charge in [0.2, 0.25) is 0 Å². The Morgan fingerprint density at radius 2 is 2.30 bits per heavy atom. The van der Waals surface area contributed by atoms with Crippen molar-refractivity contribution in [2.45, 2.75) is 25.9 Å². The molecule has 0 aliphatic rings. The quantitative estimate of drug-likeness (QED) is 0.494. The molecule has 0 rings (SSSR count). The van der Waals surface area contributed by atoms with Crippen molar-refractivity contribution in [1.82, 2.24) is 0 Å². The summed E-state index contributed by atoms with van der Waals surface area (Å²) < 4.78 is 0. The van der Waals surface area contributed by atoms with E-state index in [1.165, 1.54) is 0 Å². The van der Waals surface area contributed by atoms with Crippen LogP contribution in [-0.2, 0) is 0 Å². The molecule has 0 spiro atoms. The first-order valence-electron chi connectivity index (χ1n) is 3.40. The maximum absolute atomic E-state index is 9.29. The maximum atomic E-state index is 9.29. The second-order valence-corrected chi connectivity index (χ2v) is 3.58. The minimum atomic E-state index is -0.917. The number of hydrogen-bond donors (Lipinski definition) is 1. The predicted molar refractivity (Wildman–Crippen MR) is 47.1 cm³/mol. The van der Waals surface area contributed by atoms with Crippen LogP contribution in [0, 0.1) is 12.3 Å². The van der Waals surface area contributed by atoms with Gasteiger partial charge in [-0.2, -0.15) is 11.8 Å². The zero-order valence-corrected chi connectivity index (χ0v) is 7.37. The second kappa shape index (κ2) is 4.65. The Bertz CT molecular complexity index is 124. The molecule has 58 valence electrons. The van der Waals surface area contributed by atoms with Gasteiger partial charge in [-0.05, 0) is 19.1 Å². The van der Waals surface area contributed by atoms with Gasteiger partial charge < -0.3 is 5.11 Å². The molecule has 1 nitrogen and oxygen atoms in total. The first kappa shape index (κ1) is 9.87. The number of thioether (sulfide) groups is 1. The van der Waals surface area contributed by atoms with Crippen LogP contribution in [0.2, 0.25) is 0 Å². The molecule has 1 atom stereocenters. The summed E-state index contributed by atoms with van der Waals surface area (Å²) in [5.74, 6) is 4.04. The van der Waals surface area contributed by atoms with E-state index in [1.807, 2.05) is 0 Å². The molecule has 0 saturated carbocycles. The predicted octanol–water partition coefficient (Wildman–Crippen LogP) is 1.51. The highest BCUT2D eigenvalue weighted by molar-refractivity contribution is 7.99. The summed E-state index contributed by atoms with van der Waals surface area (Å²) >= 11 is 1.69. The molecule has 0 amide bonds. The Morgan fingerprint density at radius 1 is 1.70 bits per heavy atom. The summed E-state index contributed by atoms with van der Waals surface area (Å²) in [5, 5.41) is 9.29. The number of aliphatic hydroxyl groups is 1. The molecule has 0 aliphatic carbocycles. The van der Waals surface area contributed by atoms with Crippen molar-refractivity contribution in [3.63, 3.8) is 0 Å². The largest absolute Gasteiger partial charge is 0.377 e. The molecule has 0 radical (unpaired) electrons. The smallest absolute Gasteiger partial charge is 0.131 e. The third kappa shape index (κ3) is 4.72. The second-order valence-electron chi connectivity index (χ2n) is 2.47. The van der Waals surface area contributed by atoms with Crippen LogP contribution in [-0.4, -0.2) is 22.2 Å². The fraction of sp³-hybridized carbons (Fsp3) is 0.750. The standard InChI is InChI=1S/C8H14OS/c1-4-6-10-7-8(3,9)5-2/h2,9H,4,6-7H2,1,3H3. The SMILES string of the molecule is C#CC(C)(O)CSCCC. The molecule has 10 heavy (non-hydrogen) atoms. The van der Waals surface area contributed by atoms with E-state index in [-0.39, 0.29) is 0 Å². The van der Waals surface area contributed by atoms with Gasteiger partial charge in [-0.15, -0.1) is 6.42 Å². The minimum Gasteiger partial charge on any atom is -0.377 e. The first-order chi connectivity index (χ1) is 4.62. The van der Waals surface area contributed by atoms with E-state index < -0.39 is 5.60 Å². The van der Waals surface area contributed by atoms with Crippen molar-refractivity contribution >= 4 is 11.8 Å². The van der Waals surface area contributed by atoms with Crippen LogP contribution in [0.25, 0.3) is 0 Å². The van der Waals surface area contributed by atoms with Crippen molar-refractivity contribution in [2.75, 3.05) is 11.5 Å². The lowest BCUT2D eigenvalue weighted by molar-refractivity contribution is 0.149. The fourth-order valence-corrected chi connectivity index (χ4v) is 1.37. The third-order valence-electron chi connectivity index (χ3n) is 1.04. The van der Waals surface area contributed by atoms with Crippen molar-refractivity contribution < 1.29 is 5.11 Å². The highest BCUT2D eigenvalue weighted by Gasteiger charge is 2.14. The number of rotatable bonds is 4. The Balaban J connectivity index is 3.40. The summed E-state index contributed by atoms with van der Waals surface area (Å²) in [7, 11) is 0. The van der Waals surface area contributed by atoms with Crippen LogP contribution in [0.4, 0.5) is 0 Å². The van der Waals surface area contributed by atoms with Gasteiger partial charge in [-0.25, -0.2) is 0 Å². The Kier molecular flexibility index (Phi) is 4.59. The van der Waals surface area contributed by atoms with Gasteiger partial charge in [0, 0.05) is 5.75 Å². The van der Waals surface area contributed by atoms with Crippen LogP contribution in [0.5, 0.6) is 0 Å². The van der Waals surface area contributed by atoms with Crippen LogP contribution >= 0.6 is 11.8 Å². The van der Waals surface area contributed by atoms with E-state index in [0.29, 0.717) is 5.75 Å². The average Bonchev–Trinajstić information content (AvgIpc) is 1.89. The zero-order chi connectivity index (χ0) is 8.04. The van der Waals surface area contributed by atoms with Gasteiger partial charge in [-0.3, -0.25) is 0 Å². The van der Waals surface area contributed by atoms with Crippen LogP contribution in [0.15, 0.2) is 0 Å². The molecule has 0 aromatic carbocycles. The summed E-state index contributed by atoms with van der Waals surface area (Å²) in [6.45, 7) is 3.77. The van der Waals surface area contributed by atoms with E-state index in [0.717, 1.165) is 12.2 Å². The van der Waals surface area contributed by atoms with Crippen molar-refractivity contribution in [1.29, 1.82) is 0 Å². The molecule has 1 N–H and O–H groups in total. The molecule has 2 heteroatoms. The van der Waals surface area contributed by atoms with E-state index in [1.54, 1.807) is 18.7 Å². The van der Waals surface area contributed by atoms with E-state index in [9.17, 15) is 5.11 Å². The molecule has 0 aromatic rings. The summed E-state index contributed by atoms with van der Waals surface area (Å²) in [6, 6.07) is 0. The van der Waals surface area contributed by atoms with Gasteiger partial charge in [0.1, 0.15) is 5.60 Å². The van der Waals surface area contributed by atoms with Crippen LogP contribution in [0.3, 0.4) is 0 Å². The summed E-state index contributed by atoms with van der Waals surface area (Å²) in [4.78, 5) is 0. The molecular formula is C8H14OS. The minimum absolute atomic E-state index is 0.636. The molecule has 0 aliphatic heterocycles. The van der Waals surface area contributed by atoms with Crippen LogP contribution in [0.1, 0.15) is 20.3 Å². The lowest BCUT2D eigenvalue weighted by atomic mass is 10.2. The lowest BCUT2D eigenvalue weighted by Crippen LogP contribution is -2.24. The van der Waals surface area contributed by atoms with Gasteiger partial charge in [0.05, 0.1) is 0 Å². The topological polar surface area (TPSA) is 20.2 Å². The normalized spacial score (nSPS) is 15.8. The Labute approximate surface area is 67.2 Å². The Morgan fingerprint density at radius 3 is 2.70 bits per heavy atom.